The Balaban J connectivity index is 2.05. The lowest BCUT2D eigenvalue weighted by atomic mass is 10.1. The third-order valence-electron chi connectivity index (χ3n) is 3.62. The van der Waals surface area contributed by atoms with Crippen molar-refractivity contribution in [1.29, 1.82) is 5.26 Å². The number of rotatable bonds is 5. The van der Waals surface area contributed by atoms with Crippen LogP contribution in [0.5, 0.6) is 11.5 Å². The molecule has 0 atom stereocenters. The molecule has 0 bridgehead atoms. The highest BCUT2D eigenvalue weighted by atomic mass is 127. The summed E-state index contributed by atoms with van der Waals surface area (Å²) >= 11 is 2.20. The average Bonchev–Trinajstić information content (AvgIpc) is 3.05. The molecule has 0 saturated carbocycles. The van der Waals surface area contributed by atoms with Gasteiger partial charge in [-0.15, -0.1) is 0 Å². The van der Waals surface area contributed by atoms with E-state index in [1.54, 1.807) is 13.2 Å². The van der Waals surface area contributed by atoms with Crippen LogP contribution in [0, 0.1) is 14.9 Å². The number of ether oxygens (including phenoxy) is 2. The van der Waals surface area contributed by atoms with E-state index in [0.717, 1.165) is 20.2 Å². The molecule has 1 heterocycles. The zero-order valence-electron chi connectivity index (χ0n) is 13.8. The molecule has 2 aromatic carbocycles. The van der Waals surface area contributed by atoms with E-state index in [0.29, 0.717) is 29.5 Å². The monoisotopic (exact) mass is 445 g/mol. The predicted molar refractivity (Wildman–Crippen MR) is 106 cm³/mol. The Hall–Kier alpha value is -2.53. The lowest BCUT2D eigenvalue weighted by Crippen LogP contribution is -1.98. The van der Waals surface area contributed by atoms with Gasteiger partial charge < -0.3 is 14.5 Å². The minimum Gasteiger partial charge on any atom is -0.493 e. The van der Waals surface area contributed by atoms with Crippen molar-refractivity contribution in [2.24, 2.45) is 0 Å². The van der Waals surface area contributed by atoms with Gasteiger partial charge in [0.05, 0.1) is 33.9 Å². The van der Waals surface area contributed by atoms with Crippen LogP contribution in [0.2, 0.25) is 0 Å². The van der Waals surface area contributed by atoms with E-state index in [1.165, 1.54) is 0 Å². The largest absolute Gasteiger partial charge is 0.493 e. The van der Waals surface area contributed by atoms with Gasteiger partial charge in [-0.3, -0.25) is 0 Å². The van der Waals surface area contributed by atoms with E-state index in [9.17, 15) is 5.26 Å². The van der Waals surface area contributed by atoms with Gasteiger partial charge in [0.1, 0.15) is 11.9 Å². The Morgan fingerprint density at radius 2 is 2.16 bits per heavy atom. The molecule has 126 valence electrons. The molecule has 25 heavy (non-hydrogen) atoms. The Kier molecular flexibility index (Phi) is 5.24. The van der Waals surface area contributed by atoms with Crippen molar-refractivity contribution in [1.82, 2.24) is 9.97 Å². The molecule has 0 amide bonds. The van der Waals surface area contributed by atoms with Crippen LogP contribution in [-0.2, 0) is 0 Å². The Labute approximate surface area is 159 Å². The topological polar surface area (TPSA) is 70.9 Å². The second-order valence-electron chi connectivity index (χ2n) is 5.24. The average molecular weight is 445 g/mol. The van der Waals surface area contributed by atoms with Crippen LogP contribution in [0.3, 0.4) is 0 Å². The number of nitrogens with zero attached hydrogens (tertiary/aromatic N) is 2. The minimum absolute atomic E-state index is 0.457. The Morgan fingerprint density at radius 3 is 2.84 bits per heavy atom. The maximum absolute atomic E-state index is 9.56. The fourth-order valence-electron chi connectivity index (χ4n) is 2.51. The van der Waals surface area contributed by atoms with Crippen LogP contribution < -0.4 is 9.47 Å². The summed E-state index contributed by atoms with van der Waals surface area (Å²) in [6, 6.07) is 13.7. The first-order valence-corrected chi connectivity index (χ1v) is 8.81. The summed E-state index contributed by atoms with van der Waals surface area (Å²) in [5.74, 6) is 1.90. The van der Waals surface area contributed by atoms with Crippen LogP contribution in [0.15, 0.2) is 36.4 Å². The van der Waals surface area contributed by atoms with E-state index in [4.69, 9.17) is 9.47 Å². The predicted octanol–water partition coefficient (Wildman–Crippen LogP) is 4.64. The summed E-state index contributed by atoms with van der Waals surface area (Å²) in [6.07, 6.45) is 1.79. The molecule has 0 aliphatic carbocycles. The molecule has 3 aromatic rings. The Morgan fingerprint density at radius 1 is 1.36 bits per heavy atom. The number of H-pyrrole nitrogens is 1. The molecule has 0 unspecified atom stereocenters. The molecule has 0 saturated heterocycles. The fourth-order valence-corrected chi connectivity index (χ4v) is 3.29. The standard InChI is InChI=1S/C19H16IN3O2/c1-3-25-18-14(20)9-12(10-17(18)24-2)8-13(11-21)19-22-15-6-4-5-7-16(15)23-19/h4-10H,3H2,1-2H3,(H,22,23)/b13-8+. The first-order chi connectivity index (χ1) is 12.2. The van der Waals surface area contributed by atoms with Crippen LogP contribution in [0.25, 0.3) is 22.7 Å². The molecular weight excluding hydrogens is 429 g/mol. The number of allylic oxidation sites excluding steroid dienone is 1. The molecule has 0 radical (unpaired) electrons. The van der Waals surface area contributed by atoms with Crippen molar-refractivity contribution in [2.75, 3.05) is 13.7 Å². The van der Waals surface area contributed by atoms with Crippen molar-refractivity contribution >= 4 is 45.3 Å². The zero-order chi connectivity index (χ0) is 17.8. The molecule has 0 spiro atoms. The van der Waals surface area contributed by atoms with E-state index >= 15 is 0 Å². The quantitative estimate of drug-likeness (QED) is 0.459. The number of methoxy groups -OCH3 is 1. The Bertz CT molecular complexity index is 953. The molecule has 0 aliphatic heterocycles. The number of fused-ring (bicyclic) bond motifs is 1. The van der Waals surface area contributed by atoms with Crippen LogP contribution in [-0.4, -0.2) is 23.7 Å². The van der Waals surface area contributed by atoms with Gasteiger partial charge in [0, 0.05) is 0 Å². The number of hydrogen-bond acceptors (Lipinski definition) is 4. The second-order valence-corrected chi connectivity index (χ2v) is 6.40. The number of aromatic amines is 1. The highest BCUT2D eigenvalue weighted by Gasteiger charge is 2.12. The number of halogens is 1. The van der Waals surface area contributed by atoms with Gasteiger partial charge in [0.2, 0.25) is 0 Å². The van der Waals surface area contributed by atoms with Crippen molar-refractivity contribution < 1.29 is 9.47 Å². The van der Waals surface area contributed by atoms with Gasteiger partial charge in [-0.05, 0) is 65.4 Å². The summed E-state index contributed by atoms with van der Waals surface area (Å²) in [5.41, 5.74) is 3.04. The van der Waals surface area contributed by atoms with Crippen molar-refractivity contribution in [3.63, 3.8) is 0 Å². The summed E-state index contributed by atoms with van der Waals surface area (Å²) in [4.78, 5) is 7.67. The maximum atomic E-state index is 9.56. The van der Waals surface area contributed by atoms with Crippen LogP contribution in [0.1, 0.15) is 18.3 Å². The number of aromatic nitrogens is 2. The number of hydrogen-bond donors (Lipinski definition) is 1. The first-order valence-electron chi connectivity index (χ1n) is 7.73. The van der Waals surface area contributed by atoms with E-state index in [-0.39, 0.29) is 0 Å². The van der Waals surface area contributed by atoms with E-state index in [2.05, 4.69) is 38.6 Å². The highest BCUT2D eigenvalue weighted by Crippen LogP contribution is 2.35. The summed E-state index contributed by atoms with van der Waals surface area (Å²) in [6.45, 7) is 2.49. The van der Waals surface area contributed by atoms with Gasteiger partial charge in [0.15, 0.2) is 11.5 Å². The van der Waals surface area contributed by atoms with Gasteiger partial charge >= 0.3 is 0 Å². The summed E-state index contributed by atoms with van der Waals surface area (Å²) in [7, 11) is 1.60. The number of nitrogens with one attached hydrogen (secondary N) is 1. The normalized spacial score (nSPS) is 11.4. The molecule has 0 fully saturated rings. The number of para-hydroxylation sites is 2. The number of imidazole rings is 1. The molecular formula is C19H16IN3O2. The molecule has 1 aromatic heterocycles. The number of benzene rings is 2. The molecule has 0 aliphatic rings. The van der Waals surface area contributed by atoms with Crippen molar-refractivity contribution in [2.45, 2.75) is 6.92 Å². The first kappa shape index (κ1) is 17.3. The third-order valence-corrected chi connectivity index (χ3v) is 4.42. The van der Waals surface area contributed by atoms with Gasteiger partial charge in [-0.2, -0.15) is 5.26 Å². The smallest absolute Gasteiger partial charge is 0.174 e. The van der Waals surface area contributed by atoms with Crippen LogP contribution in [0.4, 0.5) is 0 Å². The van der Waals surface area contributed by atoms with Gasteiger partial charge in [-0.1, -0.05) is 12.1 Å². The molecule has 5 nitrogen and oxygen atoms in total. The third kappa shape index (κ3) is 3.61. The maximum Gasteiger partial charge on any atom is 0.174 e. The molecule has 6 heteroatoms. The lowest BCUT2D eigenvalue weighted by molar-refractivity contribution is 0.308. The van der Waals surface area contributed by atoms with Gasteiger partial charge in [-0.25, -0.2) is 4.98 Å². The van der Waals surface area contributed by atoms with Crippen LogP contribution >= 0.6 is 22.6 Å². The minimum atomic E-state index is 0.457. The highest BCUT2D eigenvalue weighted by molar-refractivity contribution is 14.1. The molecule has 3 rings (SSSR count). The lowest BCUT2D eigenvalue weighted by Gasteiger charge is -2.12. The van der Waals surface area contributed by atoms with Crippen molar-refractivity contribution in [3.8, 4) is 17.6 Å². The summed E-state index contributed by atoms with van der Waals surface area (Å²) in [5, 5.41) is 9.56. The summed E-state index contributed by atoms with van der Waals surface area (Å²) < 4.78 is 12.0. The fraction of sp³-hybridized carbons (Fsp3) is 0.158. The van der Waals surface area contributed by atoms with E-state index < -0.39 is 0 Å². The second kappa shape index (κ2) is 7.57. The number of nitriles is 1. The SMILES string of the molecule is CCOc1c(I)cc(/C=C(\C#N)c2nc3ccccc3[nH]2)cc1OC. The molecule has 1 N–H and O–H groups in total. The van der Waals surface area contributed by atoms with Crippen molar-refractivity contribution in [3.05, 3.63) is 51.4 Å². The van der Waals surface area contributed by atoms with E-state index in [1.807, 2.05) is 43.3 Å². The zero-order valence-corrected chi connectivity index (χ0v) is 16.0. The van der Waals surface area contributed by atoms with Gasteiger partial charge in [0.25, 0.3) is 0 Å².